The summed E-state index contributed by atoms with van der Waals surface area (Å²) in [6.07, 6.45) is 1.68. The molecule has 21 heavy (non-hydrogen) atoms. The topological polar surface area (TPSA) is 66.6 Å². The van der Waals surface area contributed by atoms with Crippen LogP contribution >= 0.6 is 12.2 Å². The minimum atomic E-state index is -0.429. The van der Waals surface area contributed by atoms with Gasteiger partial charge < -0.3 is 9.73 Å². The molecule has 0 aliphatic rings. The highest BCUT2D eigenvalue weighted by Crippen LogP contribution is 2.12. The average Bonchev–Trinajstić information content (AvgIpc) is 2.49. The molecule has 0 spiro atoms. The van der Waals surface area contributed by atoms with Crippen molar-refractivity contribution in [3.05, 3.63) is 59.0 Å². The summed E-state index contributed by atoms with van der Waals surface area (Å²) in [7, 11) is 0. The molecule has 6 heteroatoms. The third-order valence-corrected chi connectivity index (χ3v) is 3.00. The molecule has 108 valence electrons. The molecule has 0 atom stereocenters. The minimum Gasteiger partial charge on any atom is -0.422 e. The summed E-state index contributed by atoms with van der Waals surface area (Å²) in [5.41, 5.74) is 3.69. The van der Waals surface area contributed by atoms with Gasteiger partial charge in [-0.2, -0.15) is 5.10 Å². The number of hydrogen-bond acceptors (Lipinski definition) is 4. The second kappa shape index (κ2) is 6.81. The van der Waals surface area contributed by atoms with E-state index in [1.165, 1.54) is 0 Å². The molecular weight excluding hydrogens is 286 g/mol. The summed E-state index contributed by atoms with van der Waals surface area (Å²) >= 11 is 5.02. The van der Waals surface area contributed by atoms with E-state index in [1.54, 1.807) is 25.1 Å². The molecule has 0 radical (unpaired) electrons. The van der Waals surface area contributed by atoms with Crippen LogP contribution in [0.3, 0.4) is 0 Å². The van der Waals surface area contributed by atoms with Gasteiger partial charge in [-0.05, 0) is 31.3 Å². The van der Waals surface area contributed by atoms with Gasteiger partial charge in [-0.25, -0.2) is 4.79 Å². The Morgan fingerprint density at radius 3 is 3.00 bits per heavy atom. The van der Waals surface area contributed by atoms with E-state index in [2.05, 4.69) is 22.4 Å². The first-order chi connectivity index (χ1) is 10.1. The van der Waals surface area contributed by atoms with Gasteiger partial charge in [0.25, 0.3) is 0 Å². The average molecular weight is 301 g/mol. The van der Waals surface area contributed by atoms with E-state index in [0.29, 0.717) is 28.5 Å². The summed E-state index contributed by atoms with van der Waals surface area (Å²) in [4.78, 5) is 12.0. The van der Waals surface area contributed by atoms with Crippen molar-refractivity contribution in [3.8, 4) is 0 Å². The number of nitrogens with one attached hydrogen (secondary N) is 2. The van der Waals surface area contributed by atoms with Crippen LogP contribution in [0.5, 0.6) is 0 Å². The van der Waals surface area contributed by atoms with Crippen LogP contribution in [-0.4, -0.2) is 17.4 Å². The van der Waals surface area contributed by atoms with E-state index >= 15 is 0 Å². The zero-order valence-corrected chi connectivity index (χ0v) is 12.4. The fourth-order valence-electron chi connectivity index (χ4n) is 1.71. The third-order valence-electron chi connectivity index (χ3n) is 2.76. The lowest BCUT2D eigenvalue weighted by atomic mass is 10.1. The number of hydrogen-bond donors (Lipinski definition) is 2. The lowest BCUT2D eigenvalue weighted by molar-refractivity contribution is 0.559. The molecule has 1 aromatic carbocycles. The van der Waals surface area contributed by atoms with Crippen molar-refractivity contribution in [1.82, 2.24) is 10.7 Å². The smallest absolute Gasteiger partial charge is 0.345 e. The van der Waals surface area contributed by atoms with Crippen LogP contribution in [0.25, 0.3) is 11.0 Å². The fourth-order valence-corrected chi connectivity index (χ4v) is 1.84. The zero-order chi connectivity index (χ0) is 15.2. The maximum absolute atomic E-state index is 12.0. The summed E-state index contributed by atoms with van der Waals surface area (Å²) < 4.78 is 5.26. The van der Waals surface area contributed by atoms with Crippen molar-refractivity contribution in [1.29, 1.82) is 0 Å². The normalized spacial score (nSPS) is 11.2. The standard InChI is InChI=1S/C15H15N3O2S/c1-3-8-16-15(21)18-17-10(2)12-9-11-6-4-5-7-13(11)20-14(12)19/h3-7,9H,1,8H2,2H3,(H2,16,18,21). The van der Waals surface area contributed by atoms with Crippen molar-refractivity contribution >= 4 is 34.0 Å². The van der Waals surface area contributed by atoms with Gasteiger partial charge in [-0.15, -0.1) is 6.58 Å². The molecule has 0 unspecified atom stereocenters. The van der Waals surface area contributed by atoms with Crippen molar-refractivity contribution in [2.75, 3.05) is 6.54 Å². The molecule has 5 nitrogen and oxygen atoms in total. The first-order valence-corrected chi connectivity index (χ1v) is 6.75. The van der Waals surface area contributed by atoms with E-state index in [1.807, 2.05) is 18.2 Å². The predicted molar refractivity (Wildman–Crippen MR) is 88.6 cm³/mol. The van der Waals surface area contributed by atoms with Crippen molar-refractivity contribution < 1.29 is 4.42 Å². The maximum atomic E-state index is 12.0. The molecule has 2 N–H and O–H groups in total. The van der Waals surface area contributed by atoms with Gasteiger partial charge in [0.2, 0.25) is 0 Å². The Bertz CT molecular complexity index is 765. The zero-order valence-electron chi connectivity index (χ0n) is 11.6. The van der Waals surface area contributed by atoms with E-state index in [4.69, 9.17) is 16.6 Å². The van der Waals surface area contributed by atoms with Gasteiger partial charge in [0.15, 0.2) is 5.11 Å². The van der Waals surface area contributed by atoms with Crippen molar-refractivity contribution in [2.24, 2.45) is 5.10 Å². The summed E-state index contributed by atoms with van der Waals surface area (Å²) in [5, 5.41) is 8.16. The highest BCUT2D eigenvalue weighted by atomic mass is 32.1. The van der Waals surface area contributed by atoms with Crippen LogP contribution in [0.2, 0.25) is 0 Å². The molecule has 1 aromatic heterocycles. The first-order valence-electron chi connectivity index (χ1n) is 6.34. The van der Waals surface area contributed by atoms with Crippen LogP contribution in [0.1, 0.15) is 12.5 Å². The SMILES string of the molecule is C=CCNC(=S)NN=C(C)c1cc2ccccc2oc1=O. The number of fused-ring (bicyclic) bond motifs is 1. The molecular formula is C15H15N3O2S. The highest BCUT2D eigenvalue weighted by molar-refractivity contribution is 7.80. The van der Waals surface area contributed by atoms with Gasteiger partial charge in [0.05, 0.1) is 11.3 Å². The van der Waals surface area contributed by atoms with Gasteiger partial charge in [0.1, 0.15) is 5.58 Å². The number of nitrogens with zero attached hydrogens (tertiary/aromatic N) is 1. The molecule has 0 aliphatic heterocycles. The van der Waals surface area contributed by atoms with Gasteiger partial charge in [-0.1, -0.05) is 24.3 Å². The first kappa shape index (κ1) is 14.9. The van der Waals surface area contributed by atoms with Crippen LogP contribution in [0.4, 0.5) is 0 Å². The second-order valence-corrected chi connectivity index (χ2v) is 4.70. The predicted octanol–water partition coefficient (Wildman–Crippen LogP) is 2.17. The van der Waals surface area contributed by atoms with E-state index < -0.39 is 5.63 Å². The van der Waals surface area contributed by atoms with Gasteiger partial charge in [0, 0.05) is 11.9 Å². The monoisotopic (exact) mass is 301 g/mol. The van der Waals surface area contributed by atoms with Crippen molar-refractivity contribution in [3.63, 3.8) is 0 Å². The molecule has 1 heterocycles. The number of benzene rings is 1. The van der Waals surface area contributed by atoms with E-state index in [0.717, 1.165) is 5.39 Å². The molecule has 0 bridgehead atoms. The highest BCUT2D eigenvalue weighted by Gasteiger charge is 2.08. The summed E-state index contributed by atoms with van der Waals surface area (Å²) in [5.74, 6) is 0. The lowest BCUT2D eigenvalue weighted by Gasteiger charge is -2.06. The van der Waals surface area contributed by atoms with Crippen LogP contribution < -0.4 is 16.4 Å². The summed E-state index contributed by atoms with van der Waals surface area (Å²) in [6, 6.07) is 9.07. The Morgan fingerprint density at radius 2 is 2.24 bits per heavy atom. The van der Waals surface area contributed by atoms with Crippen LogP contribution in [0.15, 0.2) is 57.3 Å². The second-order valence-electron chi connectivity index (χ2n) is 4.29. The molecule has 0 aliphatic carbocycles. The lowest BCUT2D eigenvalue weighted by Crippen LogP contribution is -2.32. The Morgan fingerprint density at radius 1 is 1.48 bits per heavy atom. The van der Waals surface area contributed by atoms with Crippen LogP contribution in [-0.2, 0) is 0 Å². The number of thiocarbonyl (C=S) groups is 1. The molecule has 0 fully saturated rings. The Hall–Kier alpha value is -2.47. The molecule has 0 saturated heterocycles. The molecule has 0 saturated carbocycles. The van der Waals surface area contributed by atoms with Gasteiger partial charge in [-0.3, -0.25) is 5.43 Å². The third kappa shape index (κ3) is 3.76. The number of para-hydroxylation sites is 1. The number of hydrazone groups is 1. The minimum absolute atomic E-state index is 0.361. The van der Waals surface area contributed by atoms with Crippen LogP contribution in [0, 0.1) is 0 Å². The Balaban J connectivity index is 2.24. The molecule has 2 aromatic rings. The van der Waals surface area contributed by atoms with E-state index in [9.17, 15) is 4.79 Å². The Labute approximate surface area is 127 Å². The van der Waals surface area contributed by atoms with E-state index in [-0.39, 0.29) is 0 Å². The Kier molecular flexibility index (Phi) is 4.84. The molecule has 2 rings (SSSR count). The molecule has 0 amide bonds. The quantitative estimate of drug-likeness (QED) is 0.298. The maximum Gasteiger partial charge on any atom is 0.345 e. The number of rotatable bonds is 4. The van der Waals surface area contributed by atoms with Gasteiger partial charge >= 0.3 is 5.63 Å². The summed E-state index contributed by atoms with van der Waals surface area (Å²) in [6.45, 7) is 5.83. The largest absolute Gasteiger partial charge is 0.422 e. The van der Waals surface area contributed by atoms with Crippen molar-refractivity contribution in [2.45, 2.75) is 6.92 Å². The fraction of sp³-hybridized carbons (Fsp3) is 0.133.